The lowest BCUT2D eigenvalue weighted by molar-refractivity contribution is 0.0134. The fourth-order valence-electron chi connectivity index (χ4n) is 4.43. The van der Waals surface area contributed by atoms with Crippen molar-refractivity contribution in [2.45, 2.75) is 57.2 Å². The molecule has 0 bridgehead atoms. The minimum absolute atomic E-state index is 0.242. The topological polar surface area (TPSA) is 56.2 Å². The maximum Gasteiger partial charge on any atom is 0.120 e. The van der Waals surface area contributed by atoms with Crippen molar-refractivity contribution in [3.05, 3.63) is 23.8 Å². The molecule has 5 nitrogen and oxygen atoms in total. The summed E-state index contributed by atoms with van der Waals surface area (Å²) in [5.41, 5.74) is 0.910. The van der Waals surface area contributed by atoms with E-state index < -0.39 is 0 Å². The summed E-state index contributed by atoms with van der Waals surface area (Å²) in [6.07, 6.45) is 7.49. The zero-order valence-electron chi connectivity index (χ0n) is 15.4. The molecule has 2 fully saturated rings. The van der Waals surface area contributed by atoms with Crippen LogP contribution in [0.1, 0.15) is 44.1 Å². The average Bonchev–Trinajstić information content (AvgIpc) is 2.65. The number of hydrogen-bond donors (Lipinski definition) is 2. The second-order valence-corrected chi connectivity index (χ2v) is 7.43. The third kappa shape index (κ3) is 4.66. The normalized spacial score (nSPS) is 23.7. The number of aliphatic hydroxyl groups excluding tert-OH is 1. The quantitative estimate of drug-likeness (QED) is 0.828. The van der Waals surface area contributed by atoms with Crippen LogP contribution >= 0.6 is 0 Å². The highest BCUT2D eigenvalue weighted by molar-refractivity contribution is 5.39. The Balaban J connectivity index is 1.65. The van der Waals surface area contributed by atoms with Gasteiger partial charge in [0.2, 0.25) is 0 Å². The lowest BCUT2D eigenvalue weighted by Crippen LogP contribution is -2.56. The molecule has 1 aromatic carbocycles. The predicted molar refractivity (Wildman–Crippen MR) is 99.0 cm³/mol. The molecule has 1 aromatic rings. The van der Waals surface area contributed by atoms with Gasteiger partial charge in [0.05, 0.1) is 7.11 Å². The predicted octanol–water partition coefficient (Wildman–Crippen LogP) is 2.60. The molecule has 0 amide bonds. The highest BCUT2D eigenvalue weighted by Gasteiger charge is 2.32. The maximum atomic E-state index is 10.2. The van der Waals surface area contributed by atoms with E-state index in [4.69, 9.17) is 4.74 Å². The zero-order valence-corrected chi connectivity index (χ0v) is 15.4. The molecule has 25 heavy (non-hydrogen) atoms. The van der Waals surface area contributed by atoms with Gasteiger partial charge in [-0.15, -0.1) is 0 Å². The second-order valence-electron chi connectivity index (χ2n) is 7.43. The van der Waals surface area contributed by atoms with Gasteiger partial charge in [0.1, 0.15) is 11.5 Å². The number of aromatic hydroxyl groups is 1. The minimum Gasteiger partial charge on any atom is -0.508 e. The average molecular weight is 348 g/mol. The number of rotatable bonds is 6. The summed E-state index contributed by atoms with van der Waals surface area (Å²) < 4.78 is 5.28. The van der Waals surface area contributed by atoms with E-state index in [1.165, 1.54) is 32.1 Å². The van der Waals surface area contributed by atoms with Crippen molar-refractivity contribution in [1.82, 2.24) is 9.80 Å². The molecule has 1 aliphatic carbocycles. The largest absolute Gasteiger partial charge is 0.508 e. The first kappa shape index (κ1) is 18.5. The summed E-state index contributed by atoms with van der Waals surface area (Å²) in [6.45, 7) is 3.98. The van der Waals surface area contributed by atoms with E-state index in [9.17, 15) is 10.2 Å². The number of ether oxygens (including phenoxy) is 1. The first-order valence-corrected chi connectivity index (χ1v) is 9.66. The molecular formula is C20H32N2O3. The molecule has 1 saturated heterocycles. The van der Waals surface area contributed by atoms with Crippen LogP contribution in [0, 0.1) is 0 Å². The van der Waals surface area contributed by atoms with Crippen molar-refractivity contribution in [3.63, 3.8) is 0 Å². The van der Waals surface area contributed by atoms with Gasteiger partial charge >= 0.3 is 0 Å². The standard InChI is InChI=1S/C20H32N2O3/c1-25-19-7-8-20(24)16(13-19)14-21-10-11-22(18(15-21)9-12-23)17-5-3-2-4-6-17/h7-8,13,17-18,23-24H,2-6,9-12,14-15H2,1H3/t18-/m0/s1. The summed E-state index contributed by atoms with van der Waals surface area (Å²) in [4.78, 5) is 5.05. The molecule has 0 radical (unpaired) electrons. The molecule has 5 heteroatoms. The van der Waals surface area contributed by atoms with Crippen molar-refractivity contribution >= 4 is 0 Å². The Morgan fingerprint density at radius 3 is 2.68 bits per heavy atom. The summed E-state index contributed by atoms with van der Waals surface area (Å²) in [7, 11) is 1.65. The number of benzene rings is 1. The van der Waals surface area contributed by atoms with Gasteiger partial charge in [-0.25, -0.2) is 0 Å². The van der Waals surface area contributed by atoms with Crippen molar-refractivity contribution in [2.75, 3.05) is 33.4 Å². The SMILES string of the molecule is COc1ccc(O)c(CN2CCN(C3CCCCC3)[C@@H](CCO)C2)c1. The molecule has 2 aliphatic rings. The Labute approximate surface area is 151 Å². The molecular weight excluding hydrogens is 316 g/mol. The van der Waals surface area contributed by atoms with E-state index in [0.717, 1.165) is 43.9 Å². The molecule has 2 N–H and O–H groups in total. The van der Waals surface area contributed by atoms with Crippen LogP contribution in [0.4, 0.5) is 0 Å². The van der Waals surface area contributed by atoms with Crippen LogP contribution in [0.25, 0.3) is 0 Å². The van der Waals surface area contributed by atoms with Crippen molar-refractivity contribution in [2.24, 2.45) is 0 Å². The van der Waals surface area contributed by atoms with Gasteiger partial charge in [-0.1, -0.05) is 19.3 Å². The number of methoxy groups -OCH3 is 1. The summed E-state index contributed by atoms with van der Waals surface area (Å²) in [5.74, 6) is 1.11. The molecule has 1 heterocycles. The van der Waals surface area contributed by atoms with E-state index in [1.807, 2.05) is 6.07 Å². The smallest absolute Gasteiger partial charge is 0.120 e. The van der Waals surface area contributed by atoms with Crippen LogP contribution in [0.3, 0.4) is 0 Å². The lowest BCUT2D eigenvalue weighted by atomic mass is 9.91. The van der Waals surface area contributed by atoms with Gasteiger partial charge in [-0.05, 0) is 37.5 Å². The van der Waals surface area contributed by atoms with Crippen LogP contribution in [0.2, 0.25) is 0 Å². The Bertz CT molecular complexity index is 546. The van der Waals surface area contributed by atoms with Crippen molar-refractivity contribution in [1.29, 1.82) is 0 Å². The van der Waals surface area contributed by atoms with Gasteiger partial charge in [0.15, 0.2) is 0 Å². The molecule has 1 aliphatic heterocycles. The number of phenolic OH excluding ortho intramolecular Hbond substituents is 1. The number of aliphatic hydroxyl groups is 1. The Morgan fingerprint density at radius 2 is 1.96 bits per heavy atom. The van der Waals surface area contributed by atoms with Gasteiger partial charge in [-0.3, -0.25) is 9.80 Å². The summed E-state index contributed by atoms with van der Waals surface area (Å²) in [5, 5.41) is 19.7. The Kier molecular flexibility index (Phi) is 6.57. The fourth-order valence-corrected chi connectivity index (χ4v) is 4.43. The number of hydrogen-bond acceptors (Lipinski definition) is 5. The van der Waals surface area contributed by atoms with E-state index in [2.05, 4.69) is 9.80 Å². The second kappa shape index (κ2) is 8.88. The monoisotopic (exact) mass is 348 g/mol. The molecule has 0 spiro atoms. The molecule has 3 rings (SSSR count). The van der Waals surface area contributed by atoms with Crippen LogP contribution in [-0.2, 0) is 6.54 Å². The summed E-state index contributed by atoms with van der Waals surface area (Å²) in [6, 6.07) is 6.52. The molecule has 0 aromatic heterocycles. The Hall–Kier alpha value is -1.30. The zero-order chi connectivity index (χ0) is 17.6. The number of phenols is 1. The molecule has 0 unspecified atom stereocenters. The van der Waals surface area contributed by atoms with Gasteiger partial charge in [-0.2, -0.15) is 0 Å². The van der Waals surface area contributed by atoms with Gasteiger partial charge in [0.25, 0.3) is 0 Å². The molecule has 140 valence electrons. The van der Waals surface area contributed by atoms with E-state index >= 15 is 0 Å². The van der Waals surface area contributed by atoms with Crippen molar-refractivity contribution in [3.8, 4) is 11.5 Å². The van der Waals surface area contributed by atoms with Gasteiger partial charge < -0.3 is 14.9 Å². The van der Waals surface area contributed by atoms with Crippen LogP contribution < -0.4 is 4.74 Å². The summed E-state index contributed by atoms with van der Waals surface area (Å²) >= 11 is 0. The number of nitrogens with zero attached hydrogens (tertiary/aromatic N) is 2. The van der Waals surface area contributed by atoms with E-state index in [-0.39, 0.29) is 6.61 Å². The highest BCUT2D eigenvalue weighted by Crippen LogP contribution is 2.29. The van der Waals surface area contributed by atoms with Crippen LogP contribution in [0.5, 0.6) is 11.5 Å². The highest BCUT2D eigenvalue weighted by atomic mass is 16.5. The van der Waals surface area contributed by atoms with Gasteiger partial charge in [0, 0.05) is 50.4 Å². The van der Waals surface area contributed by atoms with Crippen LogP contribution in [-0.4, -0.2) is 65.4 Å². The third-order valence-corrected chi connectivity index (χ3v) is 5.80. The minimum atomic E-state index is 0.242. The lowest BCUT2D eigenvalue weighted by Gasteiger charge is -2.46. The number of piperazine rings is 1. The third-order valence-electron chi connectivity index (χ3n) is 5.80. The van der Waals surface area contributed by atoms with E-state index in [0.29, 0.717) is 17.8 Å². The van der Waals surface area contributed by atoms with Crippen LogP contribution in [0.15, 0.2) is 18.2 Å². The maximum absolute atomic E-state index is 10.2. The van der Waals surface area contributed by atoms with E-state index in [1.54, 1.807) is 19.2 Å². The fraction of sp³-hybridized carbons (Fsp3) is 0.700. The Morgan fingerprint density at radius 1 is 1.16 bits per heavy atom. The molecule has 1 atom stereocenters. The molecule has 1 saturated carbocycles. The first-order valence-electron chi connectivity index (χ1n) is 9.66. The van der Waals surface area contributed by atoms with Crippen molar-refractivity contribution < 1.29 is 14.9 Å². The first-order chi connectivity index (χ1) is 12.2.